The quantitative estimate of drug-likeness (QED) is 0.638. The predicted molar refractivity (Wildman–Crippen MR) is 83.1 cm³/mol. The van der Waals surface area contributed by atoms with Gasteiger partial charge < -0.3 is 4.74 Å². The molecule has 0 amide bonds. The number of carbonyl (C=O) groups excluding carboxylic acids is 2. The second-order valence-electron chi connectivity index (χ2n) is 8.76. The first-order valence-corrected chi connectivity index (χ1v) is 9.16. The summed E-state index contributed by atoms with van der Waals surface area (Å²) in [6.45, 7) is 4.63. The van der Waals surface area contributed by atoms with Gasteiger partial charge in [0.2, 0.25) is 0 Å². The monoisotopic (exact) mass is 304 g/mol. The summed E-state index contributed by atoms with van der Waals surface area (Å²) >= 11 is 0. The first-order chi connectivity index (χ1) is 10.4. The summed E-state index contributed by atoms with van der Waals surface area (Å²) in [5.41, 5.74) is 0.129. The van der Waals surface area contributed by atoms with Crippen molar-refractivity contribution in [2.75, 3.05) is 0 Å². The van der Waals surface area contributed by atoms with Crippen LogP contribution in [0.3, 0.4) is 0 Å². The molecule has 0 N–H and O–H groups in total. The van der Waals surface area contributed by atoms with Crippen molar-refractivity contribution in [1.82, 2.24) is 0 Å². The van der Waals surface area contributed by atoms with Crippen molar-refractivity contribution in [2.45, 2.75) is 77.2 Å². The molecular formula is C19H28O3. The summed E-state index contributed by atoms with van der Waals surface area (Å²) in [5.74, 6) is 3.05. The van der Waals surface area contributed by atoms with Crippen molar-refractivity contribution in [2.24, 2.45) is 29.1 Å². The van der Waals surface area contributed by atoms with Crippen LogP contribution in [0.15, 0.2) is 0 Å². The van der Waals surface area contributed by atoms with Gasteiger partial charge in [0, 0.05) is 25.2 Å². The first-order valence-electron chi connectivity index (χ1n) is 9.16. The van der Waals surface area contributed by atoms with Gasteiger partial charge in [0.05, 0.1) is 0 Å². The molecule has 0 unspecified atom stereocenters. The van der Waals surface area contributed by atoms with E-state index >= 15 is 0 Å². The maximum atomic E-state index is 11.9. The normalized spacial score (nSPS) is 51.4. The van der Waals surface area contributed by atoms with Gasteiger partial charge in [-0.1, -0.05) is 6.92 Å². The van der Waals surface area contributed by atoms with Crippen molar-refractivity contribution in [1.29, 1.82) is 0 Å². The zero-order valence-corrected chi connectivity index (χ0v) is 13.9. The highest BCUT2D eigenvalue weighted by atomic mass is 16.6. The van der Waals surface area contributed by atoms with Gasteiger partial charge in [0.25, 0.3) is 0 Å². The predicted octanol–water partition coefficient (Wildman–Crippen LogP) is 3.89. The fourth-order valence-corrected chi connectivity index (χ4v) is 6.56. The molecule has 1 saturated heterocycles. The zero-order valence-electron chi connectivity index (χ0n) is 13.9. The Labute approximate surface area is 133 Å². The molecular weight excluding hydrogens is 276 g/mol. The fraction of sp³-hybridized carbons (Fsp3) is 0.895. The van der Waals surface area contributed by atoms with E-state index < -0.39 is 0 Å². The third-order valence-electron chi connectivity index (χ3n) is 7.82. The number of Topliss-reactive ketones (excluding diaryl/α,β-unsaturated/α-hetero) is 1. The van der Waals surface area contributed by atoms with E-state index in [2.05, 4.69) is 13.8 Å². The summed E-state index contributed by atoms with van der Waals surface area (Å²) in [5, 5.41) is 0. The van der Waals surface area contributed by atoms with E-state index in [1.54, 1.807) is 0 Å². The Balaban J connectivity index is 1.62. The van der Waals surface area contributed by atoms with Crippen molar-refractivity contribution in [3.63, 3.8) is 0 Å². The van der Waals surface area contributed by atoms with Crippen LogP contribution < -0.4 is 0 Å². The van der Waals surface area contributed by atoms with E-state index in [0.29, 0.717) is 35.4 Å². The van der Waals surface area contributed by atoms with Crippen molar-refractivity contribution in [3.05, 3.63) is 0 Å². The molecule has 0 bridgehead atoms. The number of rotatable bonds is 0. The van der Waals surface area contributed by atoms with Crippen molar-refractivity contribution < 1.29 is 14.3 Å². The average Bonchev–Trinajstić information content (AvgIpc) is 2.46. The number of ether oxygens (including phenoxy) is 1. The molecule has 22 heavy (non-hydrogen) atoms. The van der Waals surface area contributed by atoms with Crippen LogP contribution in [0.1, 0.15) is 71.6 Å². The molecule has 4 aliphatic rings. The summed E-state index contributed by atoms with van der Waals surface area (Å²) in [7, 11) is 0. The van der Waals surface area contributed by atoms with Gasteiger partial charge in [-0.25, -0.2) is 0 Å². The number of fused-ring (bicyclic) bond motifs is 5. The SMILES string of the molecule is C[C@@]12CCC(=O)C[C@H]1CC[C@H]1[C@H]3CCC(=O)O[C@]3(C)CC[C@@H]12. The molecule has 4 rings (SSSR count). The Kier molecular flexibility index (Phi) is 3.22. The van der Waals surface area contributed by atoms with Gasteiger partial charge in [-0.3, -0.25) is 9.59 Å². The lowest BCUT2D eigenvalue weighted by atomic mass is 9.46. The van der Waals surface area contributed by atoms with Gasteiger partial charge in [0.15, 0.2) is 0 Å². The van der Waals surface area contributed by atoms with Crippen LogP contribution in [-0.2, 0) is 14.3 Å². The highest BCUT2D eigenvalue weighted by Gasteiger charge is 2.58. The van der Waals surface area contributed by atoms with Crippen LogP contribution >= 0.6 is 0 Å². The topological polar surface area (TPSA) is 43.4 Å². The Morgan fingerprint density at radius 2 is 1.77 bits per heavy atom. The minimum atomic E-state index is -0.218. The fourth-order valence-electron chi connectivity index (χ4n) is 6.56. The van der Waals surface area contributed by atoms with Crippen LogP contribution in [0.5, 0.6) is 0 Å². The Morgan fingerprint density at radius 3 is 2.59 bits per heavy atom. The smallest absolute Gasteiger partial charge is 0.306 e. The molecule has 3 aliphatic carbocycles. The van der Waals surface area contributed by atoms with Gasteiger partial charge in [0.1, 0.15) is 11.4 Å². The number of ketones is 1. The van der Waals surface area contributed by atoms with Gasteiger partial charge in [-0.05, 0) is 68.6 Å². The molecule has 1 aliphatic heterocycles. The van der Waals surface area contributed by atoms with Crippen molar-refractivity contribution in [3.8, 4) is 0 Å². The molecule has 6 atom stereocenters. The molecule has 3 saturated carbocycles. The summed E-state index contributed by atoms with van der Waals surface area (Å²) in [4.78, 5) is 23.6. The van der Waals surface area contributed by atoms with E-state index in [1.807, 2.05) is 0 Å². The van der Waals surface area contributed by atoms with Gasteiger partial charge in [-0.15, -0.1) is 0 Å². The lowest BCUT2D eigenvalue weighted by Gasteiger charge is -2.61. The van der Waals surface area contributed by atoms with Crippen LogP contribution in [0.2, 0.25) is 0 Å². The van der Waals surface area contributed by atoms with E-state index in [1.165, 1.54) is 19.3 Å². The molecule has 122 valence electrons. The largest absolute Gasteiger partial charge is 0.459 e. The van der Waals surface area contributed by atoms with E-state index in [0.717, 1.165) is 38.0 Å². The molecule has 3 heteroatoms. The second kappa shape index (κ2) is 4.82. The first kappa shape index (κ1) is 14.7. The zero-order chi connectivity index (χ0) is 15.5. The molecule has 4 fully saturated rings. The van der Waals surface area contributed by atoms with E-state index in [9.17, 15) is 9.59 Å². The Hall–Kier alpha value is -0.860. The maximum Gasteiger partial charge on any atom is 0.306 e. The van der Waals surface area contributed by atoms with Crippen LogP contribution in [0.4, 0.5) is 0 Å². The lowest BCUT2D eigenvalue weighted by Crippen LogP contribution is -2.58. The summed E-state index contributed by atoms with van der Waals surface area (Å²) in [6, 6.07) is 0. The lowest BCUT2D eigenvalue weighted by molar-refractivity contribution is -0.202. The molecule has 0 radical (unpaired) electrons. The van der Waals surface area contributed by atoms with Crippen molar-refractivity contribution >= 4 is 11.8 Å². The van der Waals surface area contributed by atoms with Crippen LogP contribution in [-0.4, -0.2) is 17.4 Å². The highest BCUT2D eigenvalue weighted by molar-refractivity contribution is 5.79. The standard InChI is InChI=1S/C19H28O3/c1-18-9-7-13(20)11-12(18)3-4-14-15(18)8-10-19(2)16(14)5-6-17(21)22-19/h12,14-16H,3-11H2,1-2H3/t12-,14-,15+,16-,18-,19-/m1/s1. The second-order valence-corrected chi connectivity index (χ2v) is 8.76. The summed E-state index contributed by atoms with van der Waals surface area (Å²) in [6.07, 6.45) is 8.91. The third-order valence-corrected chi connectivity index (χ3v) is 7.82. The van der Waals surface area contributed by atoms with Crippen LogP contribution in [0, 0.1) is 29.1 Å². The Bertz CT molecular complexity index is 513. The number of esters is 1. The van der Waals surface area contributed by atoms with Gasteiger partial charge in [-0.2, -0.15) is 0 Å². The van der Waals surface area contributed by atoms with Crippen LogP contribution in [0.25, 0.3) is 0 Å². The molecule has 0 aromatic carbocycles. The van der Waals surface area contributed by atoms with Gasteiger partial charge >= 0.3 is 5.97 Å². The highest BCUT2D eigenvalue weighted by Crippen LogP contribution is 2.62. The number of hydrogen-bond donors (Lipinski definition) is 0. The average molecular weight is 304 g/mol. The number of hydrogen-bond acceptors (Lipinski definition) is 3. The minimum Gasteiger partial charge on any atom is -0.459 e. The molecule has 3 nitrogen and oxygen atoms in total. The van der Waals surface area contributed by atoms with E-state index in [4.69, 9.17) is 4.74 Å². The molecule has 0 aromatic heterocycles. The molecule has 0 aromatic rings. The molecule has 0 spiro atoms. The number of carbonyl (C=O) groups is 2. The Morgan fingerprint density at radius 1 is 0.955 bits per heavy atom. The third kappa shape index (κ3) is 2.00. The minimum absolute atomic E-state index is 0.000334. The maximum absolute atomic E-state index is 11.9. The molecule has 1 heterocycles. The van der Waals surface area contributed by atoms with E-state index in [-0.39, 0.29) is 11.6 Å². The summed E-state index contributed by atoms with van der Waals surface area (Å²) < 4.78 is 5.82.